The fraction of sp³-hybridized carbons (Fsp3) is 0.118. The van der Waals surface area contributed by atoms with Crippen LogP contribution in [0.5, 0.6) is 5.75 Å². The van der Waals surface area contributed by atoms with E-state index >= 15 is 0 Å². The highest BCUT2D eigenvalue weighted by Gasteiger charge is 2.48. The van der Waals surface area contributed by atoms with Gasteiger partial charge in [0.2, 0.25) is 0 Å². The molecule has 0 aliphatic carbocycles. The maximum Gasteiger partial charge on any atom is 0.534 e. The van der Waals surface area contributed by atoms with Gasteiger partial charge < -0.3 is 4.18 Å². The van der Waals surface area contributed by atoms with E-state index in [-0.39, 0.29) is 5.52 Å². The molecule has 9 heteroatoms. The molecule has 5 nitrogen and oxygen atoms in total. The molecule has 0 aliphatic heterocycles. The summed E-state index contributed by atoms with van der Waals surface area (Å²) < 4.78 is 65.4. The number of hydrogen-bond donors (Lipinski definition) is 0. The van der Waals surface area contributed by atoms with Gasteiger partial charge in [0.05, 0.1) is 5.52 Å². The Morgan fingerprint density at radius 2 is 1.58 bits per heavy atom. The van der Waals surface area contributed by atoms with Gasteiger partial charge in [-0.05, 0) is 42.6 Å². The van der Waals surface area contributed by atoms with Crippen LogP contribution in [0.1, 0.15) is 5.56 Å². The summed E-state index contributed by atoms with van der Waals surface area (Å²) in [5, 5.41) is 0.530. The van der Waals surface area contributed by atoms with Crippen molar-refractivity contribution in [3.8, 4) is 11.4 Å². The molecule has 1 heterocycles. The lowest BCUT2D eigenvalue weighted by atomic mass is 10.1. The van der Waals surface area contributed by atoms with Gasteiger partial charge in [0.15, 0.2) is 0 Å². The molecular weight excluding hydrogens is 371 g/mol. The van der Waals surface area contributed by atoms with Crippen LogP contribution in [-0.2, 0) is 10.1 Å². The first-order valence-electron chi connectivity index (χ1n) is 7.32. The molecule has 0 radical (unpaired) electrons. The second kappa shape index (κ2) is 6.17. The molecule has 136 valence electrons. The van der Waals surface area contributed by atoms with Crippen molar-refractivity contribution >= 4 is 21.0 Å². The number of hydrogen-bond acceptors (Lipinski definition) is 4. The number of rotatable bonds is 3. The predicted octanol–water partition coefficient (Wildman–Crippen LogP) is 3.53. The number of nitrogens with zero attached hydrogens (tertiary/aromatic N) is 1. The quantitative estimate of drug-likeness (QED) is 0.513. The summed E-state index contributed by atoms with van der Waals surface area (Å²) in [6, 6.07) is 13.3. The number of pyridine rings is 1. The fourth-order valence-corrected chi connectivity index (χ4v) is 2.85. The summed E-state index contributed by atoms with van der Waals surface area (Å²) in [6.07, 6.45) is 0. The van der Waals surface area contributed by atoms with Crippen molar-refractivity contribution in [1.29, 1.82) is 0 Å². The third-order valence-corrected chi connectivity index (χ3v) is 4.63. The average molecular weight is 383 g/mol. The Kier molecular flexibility index (Phi) is 4.27. The van der Waals surface area contributed by atoms with E-state index in [0.29, 0.717) is 11.1 Å². The number of aryl methyl sites for hydroxylation is 1. The van der Waals surface area contributed by atoms with Crippen LogP contribution >= 0.6 is 0 Å². The fourth-order valence-electron chi connectivity index (χ4n) is 2.40. The van der Waals surface area contributed by atoms with E-state index in [4.69, 9.17) is 0 Å². The van der Waals surface area contributed by atoms with Gasteiger partial charge in [-0.2, -0.15) is 21.6 Å². The van der Waals surface area contributed by atoms with E-state index in [1.807, 2.05) is 6.92 Å². The van der Waals surface area contributed by atoms with Gasteiger partial charge in [0.1, 0.15) is 5.75 Å². The lowest BCUT2D eigenvalue weighted by Crippen LogP contribution is -2.28. The molecule has 3 rings (SSSR count). The van der Waals surface area contributed by atoms with Gasteiger partial charge in [-0.25, -0.2) is 0 Å². The van der Waals surface area contributed by atoms with E-state index in [2.05, 4.69) is 4.18 Å². The Labute approximate surface area is 146 Å². The van der Waals surface area contributed by atoms with Crippen molar-refractivity contribution in [1.82, 2.24) is 4.57 Å². The van der Waals surface area contributed by atoms with Crippen molar-refractivity contribution in [2.75, 3.05) is 0 Å². The van der Waals surface area contributed by atoms with Crippen LogP contribution in [0, 0.1) is 6.92 Å². The molecule has 0 unspecified atom stereocenters. The Balaban J connectivity index is 2.19. The van der Waals surface area contributed by atoms with Crippen molar-refractivity contribution < 1.29 is 25.8 Å². The Hall–Kier alpha value is -2.81. The Bertz CT molecular complexity index is 1130. The van der Waals surface area contributed by atoms with Crippen LogP contribution in [0.15, 0.2) is 59.4 Å². The summed E-state index contributed by atoms with van der Waals surface area (Å²) >= 11 is 0. The minimum absolute atomic E-state index is 0.219. The van der Waals surface area contributed by atoms with E-state index in [0.717, 1.165) is 17.7 Å². The van der Waals surface area contributed by atoms with Gasteiger partial charge in [-0.3, -0.25) is 9.36 Å². The largest absolute Gasteiger partial charge is 0.534 e. The molecule has 0 saturated carbocycles. The molecule has 0 aliphatic rings. The van der Waals surface area contributed by atoms with Crippen molar-refractivity contribution in [2.45, 2.75) is 12.4 Å². The van der Waals surface area contributed by atoms with Crippen LogP contribution in [0.2, 0.25) is 0 Å². The predicted molar refractivity (Wildman–Crippen MR) is 89.9 cm³/mol. The van der Waals surface area contributed by atoms with E-state index in [9.17, 15) is 26.4 Å². The molecule has 1 aromatic heterocycles. The summed E-state index contributed by atoms with van der Waals surface area (Å²) in [7, 11) is -5.80. The summed E-state index contributed by atoms with van der Waals surface area (Å²) in [6.45, 7) is 1.86. The highest BCUT2D eigenvalue weighted by atomic mass is 32.2. The smallest absolute Gasteiger partial charge is 0.376 e. The minimum Gasteiger partial charge on any atom is -0.376 e. The number of fused-ring (bicyclic) bond motifs is 1. The van der Waals surface area contributed by atoms with Crippen LogP contribution in [0.4, 0.5) is 13.2 Å². The molecule has 0 amide bonds. The molecule has 0 atom stereocenters. The zero-order chi connectivity index (χ0) is 19.1. The molecule has 0 N–H and O–H groups in total. The molecule has 3 aromatic rings. The number of alkyl halides is 3. The van der Waals surface area contributed by atoms with Crippen molar-refractivity contribution in [3.63, 3.8) is 0 Å². The zero-order valence-corrected chi connectivity index (χ0v) is 14.1. The van der Waals surface area contributed by atoms with Crippen LogP contribution in [-0.4, -0.2) is 18.5 Å². The Morgan fingerprint density at radius 1 is 0.962 bits per heavy atom. The van der Waals surface area contributed by atoms with Gasteiger partial charge in [0, 0.05) is 17.8 Å². The first kappa shape index (κ1) is 18.0. The lowest BCUT2D eigenvalue weighted by molar-refractivity contribution is -0.0500. The van der Waals surface area contributed by atoms with Gasteiger partial charge in [-0.1, -0.05) is 17.7 Å². The average Bonchev–Trinajstić information content (AvgIpc) is 2.54. The molecule has 0 fully saturated rings. The monoisotopic (exact) mass is 383 g/mol. The second-order valence-electron chi connectivity index (χ2n) is 5.55. The highest BCUT2D eigenvalue weighted by molar-refractivity contribution is 7.88. The number of aromatic nitrogens is 1. The first-order valence-corrected chi connectivity index (χ1v) is 8.73. The van der Waals surface area contributed by atoms with Crippen LogP contribution < -0.4 is 9.74 Å². The maximum absolute atomic E-state index is 12.5. The molecular formula is C17H12F3NO4S. The van der Waals surface area contributed by atoms with Crippen molar-refractivity contribution in [2.24, 2.45) is 0 Å². The lowest BCUT2D eigenvalue weighted by Gasteiger charge is -2.13. The summed E-state index contributed by atoms with van der Waals surface area (Å²) in [5.41, 5.74) is -4.30. The number of halogens is 3. The minimum atomic E-state index is -5.80. The van der Waals surface area contributed by atoms with E-state index in [1.54, 1.807) is 24.3 Å². The van der Waals surface area contributed by atoms with Crippen LogP contribution in [0.3, 0.4) is 0 Å². The SMILES string of the molecule is Cc1ccc(-n2c(=O)ccc3ccc(OS(=O)(=O)C(F)(F)F)cc32)cc1. The summed E-state index contributed by atoms with van der Waals surface area (Å²) in [5.74, 6) is -0.540. The topological polar surface area (TPSA) is 65.4 Å². The maximum atomic E-state index is 12.5. The summed E-state index contributed by atoms with van der Waals surface area (Å²) in [4.78, 5) is 12.3. The van der Waals surface area contributed by atoms with E-state index in [1.165, 1.54) is 22.8 Å². The molecule has 0 saturated heterocycles. The highest BCUT2D eigenvalue weighted by Crippen LogP contribution is 2.29. The van der Waals surface area contributed by atoms with E-state index < -0.39 is 26.9 Å². The second-order valence-corrected chi connectivity index (χ2v) is 7.08. The third-order valence-electron chi connectivity index (χ3n) is 3.65. The van der Waals surface area contributed by atoms with Gasteiger partial charge in [0.25, 0.3) is 5.56 Å². The molecule has 26 heavy (non-hydrogen) atoms. The van der Waals surface area contributed by atoms with Crippen LogP contribution in [0.25, 0.3) is 16.6 Å². The van der Waals surface area contributed by atoms with Crippen molar-refractivity contribution in [3.05, 3.63) is 70.5 Å². The van der Waals surface area contributed by atoms with Gasteiger partial charge >= 0.3 is 15.6 Å². The third kappa shape index (κ3) is 3.30. The zero-order valence-electron chi connectivity index (χ0n) is 13.3. The van der Waals surface area contributed by atoms with Gasteiger partial charge in [-0.15, -0.1) is 0 Å². The molecule has 2 aromatic carbocycles. The standard InChI is InChI=1S/C17H12F3NO4S/c1-11-2-6-13(7-3-11)21-15-10-14(25-26(23,24)17(18,19)20)8-4-12(15)5-9-16(21)22/h2-10H,1H3. The molecule has 0 spiro atoms. The normalized spacial score (nSPS) is 12.3. The molecule has 0 bridgehead atoms. The first-order chi connectivity index (χ1) is 12.1. The number of benzene rings is 2. The Morgan fingerprint density at radius 3 is 2.19 bits per heavy atom.